The lowest BCUT2D eigenvalue weighted by Crippen LogP contribution is -2.24. The van der Waals surface area contributed by atoms with Crippen LogP contribution in [0.15, 0.2) is 36.5 Å². The number of nitrogens with one attached hydrogen (secondary N) is 1. The number of nitrogen functional groups attached to an aromatic ring is 1. The van der Waals surface area contributed by atoms with Crippen molar-refractivity contribution in [3.8, 4) is 11.5 Å². The van der Waals surface area contributed by atoms with Crippen LogP contribution in [0.5, 0.6) is 11.5 Å². The Hall–Kier alpha value is -2.76. The summed E-state index contributed by atoms with van der Waals surface area (Å²) in [7, 11) is 3.15. The van der Waals surface area contributed by atoms with Crippen molar-refractivity contribution in [1.82, 2.24) is 10.3 Å². The third-order valence-corrected chi connectivity index (χ3v) is 3.02. The first-order chi connectivity index (χ1) is 10.2. The molecule has 0 aliphatic carbocycles. The number of anilines is 1. The number of rotatable bonds is 5. The second kappa shape index (κ2) is 6.60. The molecular weight excluding hydrogens is 270 g/mol. The molecule has 110 valence electrons. The van der Waals surface area contributed by atoms with E-state index in [4.69, 9.17) is 15.2 Å². The Labute approximate surface area is 122 Å². The maximum absolute atomic E-state index is 12.1. The summed E-state index contributed by atoms with van der Waals surface area (Å²) in [5, 5.41) is 2.79. The van der Waals surface area contributed by atoms with Crippen molar-refractivity contribution in [2.75, 3.05) is 20.0 Å². The van der Waals surface area contributed by atoms with Crippen LogP contribution in [0.1, 0.15) is 15.9 Å². The van der Waals surface area contributed by atoms with Gasteiger partial charge in [-0.25, -0.2) is 4.98 Å². The molecule has 0 bridgehead atoms. The Balaban J connectivity index is 2.10. The lowest BCUT2D eigenvalue weighted by Gasteiger charge is -2.11. The molecule has 2 rings (SSSR count). The monoisotopic (exact) mass is 287 g/mol. The number of hydrogen-bond donors (Lipinski definition) is 2. The smallest absolute Gasteiger partial charge is 0.255 e. The maximum atomic E-state index is 12.1. The summed E-state index contributed by atoms with van der Waals surface area (Å²) in [6, 6.07) is 8.70. The van der Waals surface area contributed by atoms with Crippen LogP contribution in [0.3, 0.4) is 0 Å². The number of methoxy groups -OCH3 is 2. The predicted octanol–water partition coefficient (Wildman–Crippen LogP) is 1.61. The summed E-state index contributed by atoms with van der Waals surface area (Å²) in [5.74, 6) is 1.27. The Kier molecular flexibility index (Phi) is 4.61. The lowest BCUT2D eigenvalue weighted by atomic mass is 10.1. The van der Waals surface area contributed by atoms with E-state index in [1.165, 1.54) is 0 Å². The number of ether oxygens (including phenoxy) is 2. The first-order valence-electron chi connectivity index (χ1n) is 6.35. The SMILES string of the molecule is COc1ccc(CNC(=O)c2cccnc2N)c(OC)c1. The van der Waals surface area contributed by atoms with Crippen LogP contribution < -0.4 is 20.5 Å². The minimum Gasteiger partial charge on any atom is -0.497 e. The van der Waals surface area contributed by atoms with Crippen LogP contribution in [0.25, 0.3) is 0 Å². The molecule has 0 aliphatic rings. The molecular formula is C15H17N3O3. The summed E-state index contributed by atoms with van der Waals surface area (Å²) in [4.78, 5) is 16.0. The molecule has 0 fully saturated rings. The summed E-state index contributed by atoms with van der Waals surface area (Å²) in [5.41, 5.74) is 6.86. The highest BCUT2D eigenvalue weighted by Crippen LogP contribution is 2.24. The van der Waals surface area contributed by atoms with Gasteiger partial charge >= 0.3 is 0 Å². The van der Waals surface area contributed by atoms with E-state index in [9.17, 15) is 4.79 Å². The molecule has 1 aromatic heterocycles. The molecule has 6 heteroatoms. The van der Waals surface area contributed by atoms with Crippen molar-refractivity contribution in [3.63, 3.8) is 0 Å². The Morgan fingerprint density at radius 1 is 1.29 bits per heavy atom. The molecule has 1 aromatic carbocycles. The maximum Gasteiger partial charge on any atom is 0.255 e. The van der Waals surface area contributed by atoms with Gasteiger partial charge in [-0.15, -0.1) is 0 Å². The second-order valence-corrected chi connectivity index (χ2v) is 4.30. The van der Waals surface area contributed by atoms with Crippen LogP contribution in [-0.2, 0) is 6.54 Å². The lowest BCUT2D eigenvalue weighted by molar-refractivity contribution is 0.0951. The van der Waals surface area contributed by atoms with Crippen LogP contribution in [-0.4, -0.2) is 25.1 Å². The molecule has 0 saturated carbocycles. The number of pyridine rings is 1. The molecule has 1 heterocycles. The Bertz CT molecular complexity index is 644. The molecule has 0 aliphatic heterocycles. The van der Waals surface area contributed by atoms with Crippen LogP contribution in [0.4, 0.5) is 5.82 Å². The number of amides is 1. The van der Waals surface area contributed by atoms with Gasteiger partial charge in [0.05, 0.1) is 19.8 Å². The van der Waals surface area contributed by atoms with Gasteiger partial charge in [0.15, 0.2) is 0 Å². The number of nitrogens with two attached hydrogens (primary N) is 1. The highest BCUT2D eigenvalue weighted by Gasteiger charge is 2.11. The van der Waals surface area contributed by atoms with Gasteiger partial charge in [-0.3, -0.25) is 4.79 Å². The van der Waals surface area contributed by atoms with Gasteiger partial charge in [0, 0.05) is 24.4 Å². The summed E-state index contributed by atoms with van der Waals surface area (Å²) in [6.45, 7) is 0.320. The standard InChI is InChI=1S/C15H17N3O3/c1-20-11-6-5-10(13(8-11)21-2)9-18-15(19)12-4-3-7-17-14(12)16/h3-8H,9H2,1-2H3,(H2,16,17)(H,18,19). The fraction of sp³-hybridized carbons (Fsp3) is 0.200. The third-order valence-electron chi connectivity index (χ3n) is 3.02. The van der Waals surface area contributed by atoms with E-state index in [-0.39, 0.29) is 11.7 Å². The fourth-order valence-electron chi connectivity index (χ4n) is 1.88. The third kappa shape index (κ3) is 3.42. The highest BCUT2D eigenvalue weighted by atomic mass is 16.5. The average Bonchev–Trinajstić information content (AvgIpc) is 2.52. The second-order valence-electron chi connectivity index (χ2n) is 4.30. The number of carbonyl (C=O) groups is 1. The molecule has 0 atom stereocenters. The number of nitrogens with zero attached hydrogens (tertiary/aromatic N) is 1. The molecule has 0 saturated heterocycles. The largest absolute Gasteiger partial charge is 0.497 e. The van der Waals surface area contributed by atoms with Crippen molar-refractivity contribution >= 4 is 11.7 Å². The Morgan fingerprint density at radius 2 is 2.10 bits per heavy atom. The van der Waals surface area contributed by atoms with Crippen LogP contribution in [0, 0.1) is 0 Å². The van der Waals surface area contributed by atoms with Crippen LogP contribution in [0.2, 0.25) is 0 Å². The van der Waals surface area contributed by atoms with E-state index < -0.39 is 0 Å². The number of aromatic nitrogens is 1. The quantitative estimate of drug-likeness (QED) is 0.872. The predicted molar refractivity (Wildman–Crippen MR) is 79.4 cm³/mol. The van der Waals surface area contributed by atoms with E-state index in [0.717, 1.165) is 5.56 Å². The van der Waals surface area contributed by atoms with Gasteiger partial charge in [0.1, 0.15) is 17.3 Å². The summed E-state index contributed by atoms with van der Waals surface area (Å²) < 4.78 is 10.4. The number of benzene rings is 1. The van der Waals surface area contributed by atoms with E-state index >= 15 is 0 Å². The molecule has 0 unspecified atom stereocenters. The van der Waals surface area contributed by atoms with Crippen molar-refractivity contribution in [2.24, 2.45) is 0 Å². The van der Waals surface area contributed by atoms with Crippen molar-refractivity contribution in [2.45, 2.75) is 6.54 Å². The summed E-state index contributed by atoms with van der Waals surface area (Å²) >= 11 is 0. The van der Waals surface area contributed by atoms with E-state index in [1.807, 2.05) is 12.1 Å². The zero-order chi connectivity index (χ0) is 15.2. The first kappa shape index (κ1) is 14.6. The minimum atomic E-state index is -0.279. The van der Waals surface area contributed by atoms with Crippen LogP contribution >= 0.6 is 0 Å². The number of carbonyl (C=O) groups excluding carboxylic acids is 1. The van der Waals surface area contributed by atoms with Crippen molar-refractivity contribution in [3.05, 3.63) is 47.7 Å². The van der Waals surface area contributed by atoms with Gasteiger partial charge in [0.25, 0.3) is 5.91 Å². The molecule has 21 heavy (non-hydrogen) atoms. The average molecular weight is 287 g/mol. The van der Waals surface area contributed by atoms with E-state index in [0.29, 0.717) is 23.6 Å². The van der Waals surface area contributed by atoms with E-state index in [2.05, 4.69) is 10.3 Å². The molecule has 2 aromatic rings. The first-order valence-corrected chi connectivity index (χ1v) is 6.35. The molecule has 3 N–H and O–H groups in total. The topological polar surface area (TPSA) is 86.5 Å². The zero-order valence-corrected chi connectivity index (χ0v) is 11.9. The van der Waals surface area contributed by atoms with Crippen molar-refractivity contribution < 1.29 is 14.3 Å². The van der Waals surface area contributed by atoms with Crippen molar-refractivity contribution in [1.29, 1.82) is 0 Å². The Morgan fingerprint density at radius 3 is 2.76 bits per heavy atom. The highest BCUT2D eigenvalue weighted by molar-refractivity contribution is 5.98. The molecule has 1 amide bonds. The number of hydrogen-bond acceptors (Lipinski definition) is 5. The molecule has 6 nitrogen and oxygen atoms in total. The molecule has 0 spiro atoms. The van der Waals surface area contributed by atoms with Gasteiger partial charge < -0.3 is 20.5 Å². The minimum absolute atomic E-state index is 0.205. The zero-order valence-electron chi connectivity index (χ0n) is 11.9. The van der Waals surface area contributed by atoms with Gasteiger partial charge in [-0.1, -0.05) is 0 Å². The fourth-order valence-corrected chi connectivity index (χ4v) is 1.88. The van der Waals surface area contributed by atoms with E-state index in [1.54, 1.807) is 38.6 Å². The van der Waals surface area contributed by atoms with Gasteiger partial charge in [-0.05, 0) is 24.3 Å². The van der Waals surface area contributed by atoms with Gasteiger partial charge in [-0.2, -0.15) is 0 Å². The van der Waals surface area contributed by atoms with Gasteiger partial charge in [0.2, 0.25) is 0 Å². The molecule has 0 radical (unpaired) electrons. The summed E-state index contributed by atoms with van der Waals surface area (Å²) in [6.07, 6.45) is 1.54. The normalized spacial score (nSPS) is 10.0.